The van der Waals surface area contributed by atoms with Gasteiger partial charge in [-0.1, -0.05) is 23.7 Å². The number of carbonyl (C=O) groups excluding carboxylic acids is 1. The van der Waals surface area contributed by atoms with E-state index in [9.17, 15) is 4.79 Å². The zero-order valence-corrected chi connectivity index (χ0v) is 13.2. The van der Waals surface area contributed by atoms with Gasteiger partial charge in [0.25, 0.3) is 5.91 Å². The number of benzene rings is 1. The smallest absolute Gasteiger partial charge is 0.287 e. The predicted molar refractivity (Wildman–Crippen MR) is 86.4 cm³/mol. The van der Waals surface area contributed by atoms with Crippen LogP contribution in [0.4, 0.5) is 0 Å². The van der Waals surface area contributed by atoms with Gasteiger partial charge in [-0.2, -0.15) is 0 Å². The molecular weight excluding hydrogens is 300 g/mol. The van der Waals surface area contributed by atoms with Gasteiger partial charge in [0.15, 0.2) is 11.3 Å². The minimum absolute atomic E-state index is 0.129. The molecular formula is C17H19ClN2O2. The number of hydrogen-bond donors (Lipinski definition) is 2. The molecule has 0 aliphatic carbocycles. The molecule has 116 valence electrons. The van der Waals surface area contributed by atoms with Crippen LogP contribution in [0.1, 0.15) is 41.8 Å². The second-order valence-electron chi connectivity index (χ2n) is 6.45. The van der Waals surface area contributed by atoms with Crippen molar-refractivity contribution in [2.45, 2.75) is 50.7 Å². The number of halogens is 1. The highest BCUT2D eigenvalue weighted by Gasteiger charge is 2.34. The maximum atomic E-state index is 12.6. The summed E-state index contributed by atoms with van der Waals surface area (Å²) in [5.74, 6) is 0.255. The standard InChI is InChI=1S/C17H19ClN2O2/c1-9-13-3-2-4-14(18)16(13)22-15(9)17(21)20-12-7-10-5-6-11(8-12)19-10/h2-4,10-12,19H,5-8H2,1H3,(H,20,21). The number of para-hydroxylation sites is 1. The summed E-state index contributed by atoms with van der Waals surface area (Å²) in [6, 6.07) is 6.92. The Kier molecular flexibility index (Phi) is 3.39. The molecule has 2 saturated heterocycles. The molecule has 2 aliphatic rings. The van der Waals surface area contributed by atoms with E-state index >= 15 is 0 Å². The van der Waals surface area contributed by atoms with Crippen molar-refractivity contribution in [2.24, 2.45) is 0 Å². The Labute approximate surface area is 134 Å². The lowest BCUT2D eigenvalue weighted by Gasteiger charge is -2.29. The molecule has 5 heteroatoms. The van der Waals surface area contributed by atoms with E-state index in [1.165, 1.54) is 12.8 Å². The Bertz CT molecular complexity index is 728. The SMILES string of the molecule is Cc1c(C(=O)NC2CC3CCC(C2)N3)oc2c(Cl)cccc12. The first-order chi connectivity index (χ1) is 10.6. The van der Waals surface area contributed by atoms with Crippen LogP contribution in [-0.2, 0) is 0 Å². The maximum absolute atomic E-state index is 12.6. The van der Waals surface area contributed by atoms with Crippen LogP contribution in [0, 0.1) is 6.92 Å². The third-order valence-corrected chi connectivity index (χ3v) is 5.23. The molecule has 3 heterocycles. The molecule has 0 saturated carbocycles. The van der Waals surface area contributed by atoms with Crippen LogP contribution in [0.2, 0.25) is 5.02 Å². The van der Waals surface area contributed by atoms with Gasteiger partial charge in [-0.25, -0.2) is 0 Å². The van der Waals surface area contributed by atoms with Crippen molar-refractivity contribution >= 4 is 28.5 Å². The molecule has 2 bridgehead atoms. The average molecular weight is 319 g/mol. The zero-order valence-electron chi connectivity index (χ0n) is 12.5. The van der Waals surface area contributed by atoms with Crippen LogP contribution in [0.3, 0.4) is 0 Å². The largest absolute Gasteiger partial charge is 0.449 e. The Morgan fingerprint density at radius 3 is 2.73 bits per heavy atom. The highest BCUT2D eigenvalue weighted by atomic mass is 35.5. The van der Waals surface area contributed by atoms with E-state index in [4.69, 9.17) is 16.0 Å². The summed E-state index contributed by atoms with van der Waals surface area (Å²) in [6.45, 7) is 1.91. The van der Waals surface area contributed by atoms with Crippen molar-refractivity contribution in [3.63, 3.8) is 0 Å². The predicted octanol–water partition coefficient (Wildman–Crippen LogP) is 3.41. The number of amides is 1. The van der Waals surface area contributed by atoms with Crippen LogP contribution < -0.4 is 10.6 Å². The molecule has 2 atom stereocenters. The van der Waals surface area contributed by atoms with Crippen LogP contribution in [-0.4, -0.2) is 24.0 Å². The normalized spacial score (nSPS) is 27.3. The number of rotatable bonds is 2. The first kappa shape index (κ1) is 14.1. The van der Waals surface area contributed by atoms with E-state index in [0.717, 1.165) is 23.8 Å². The Hall–Kier alpha value is -1.52. The van der Waals surface area contributed by atoms with Gasteiger partial charge in [-0.05, 0) is 38.7 Å². The first-order valence-electron chi connectivity index (χ1n) is 7.86. The highest BCUT2D eigenvalue weighted by molar-refractivity contribution is 6.35. The summed E-state index contributed by atoms with van der Waals surface area (Å²) in [5.41, 5.74) is 1.45. The van der Waals surface area contributed by atoms with Gasteiger partial charge in [0, 0.05) is 29.1 Å². The van der Waals surface area contributed by atoms with E-state index < -0.39 is 0 Å². The quantitative estimate of drug-likeness (QED) is 0.892. The summed E-state index contributed by atoms with van der Waals surface area (Å²) >= 11 is 6.15. The Balaban J connectivity index is 1.58. The van der Waals surface area contributed by atoms with Crippen LogP contribution >= 0.6 is 11.6 Å². The molecule has 2 unspecified atom stereocenters. The maximum Gasteiger partial charge on any atom is 0.287 e. The van der Waals surface area contributed by atoms with E-state index in [-0.39, 0.29) is 11.9 Å². The van der Waals surface area contributed by atoms with Gasteiger partial charge < -0.3 is 15.1 Å². The molecule has 2 N–H and O–H groups in total. The molecule has 4 nitrogen and oxygen atoms in total. The summed E-state index contributed by atoms with van der Waals surface area (Å²) in [7, 11) is 0. The van der Waals surface area contributed by atoms with Gasteiger partial charge in [0.1, 0.15) is 0 Å². The molecule has 1 aromatic heterocycles. The second-order valence-corrected chi connectivity index (χ2v) is 6.86. The van der Waals surface area contributed by atoms with Crippen LogP contribution in [0.5, 0.6) is 0 Å². The van der Waals surface area contributed by atoms with Gasteiger partial charge in [-0.15, -0.1) is 0 Å². The topological polar surface area (TPSA) is 54.3 Å². The fraction of sp³-hybridized carbons (Fsp3) is 0.471. The molecule has 0 spiro atoms. The molecule has 2 fully saturated rings. The van der Waals surface area contributed by atoms with Crippen LogP contribution in [0.25, 0.3) is 11.0 Å². The number of hydrogen-bond acceptors (Lipinski definition) is 3. The van der Waals surface area contributed by atoms with Crippen molar-refractivity contribution in [1.82, 2.24) is 10.6 Å². The molecule has 1 amide bonds. The van der Waals surface area contributed by atoms with Crippen molar-refractivity contribution in [3.05, 3.63) is 34.5 Å². The number of piperidine rings is 1. The molecule has 4 rings (SSSR count). The fourth-order valence-corrected chi connectivity index (χ4v) is 4.06. The summed E-state index contributed by atoms with van der Waals surface area (Å²) < 4.78 is 5.74. The van der Waals surface area contributed by atoms with Gasteiger partial charge in [0.2, 0.25) is 0 Å². The third kappa shape index (κ3) is 2.31. The number of nitrogens with one attached hydrogen (secondary N) is 2. The fourth-order valence-electron chi connectivity index (χ4n) is 3.85. The number of aryl methyl sites for hydroxylation is 1. The van der Waals surface area contributed by atoms with Crippen molar-refractivity contribution in [3.8, 4) is 0 Å². The Morgan fingerprint density at radius 1 is 1.32 bits per heavy atom. The van der Waals surface area contributed by atoms with Crippen molar-refractivity contribution in [1.29, 1.82) is 0 Å². The monoisotopic (exact) mass is 318 g/mol. The lowest BCUT2D eigenvalue weighted by Crippen LogP contribution is -2.48. The van der Waals surface area contributed by atoms with E-state index in [1.807, 2.05) is 19.1 Å². The third-order valence-electron chi connectivity index (χ3n) is 4.93. The summed E-state index contributed by atoms with van der Waals surface area (Å²) in [6.07, 6.45) is 4.44. The van der Waals surface area contributed by atoms with Crippen molar-refractivity contribution < 1.29 is 9.21 Å². The molecule has 2 aromatic rings. The Morgan fingerprint density at radius 2 is 2.05 bits per heavy atom. The van der Waals surface area contributed by atoms with E-state index in [1.54, 1.807) is 6.07 Å². The number of furan rings is 1. The lowest BCUT2D eigenvalue weighted by atomic mass is 9.99. The van der Waals surface area contributed by atoms with Crippen LogP contribution in [0.15, 0.2) is 22.6 Å². The van der Waals surface area contributed by atoms with E-state index in [2.05, 4.69) is 10.6 Å². The molecule has 22 heavy (non-hydrogen) atoms. The highest BCUT2D eigenvalue weighted by Crippen LogP contribution is 2.31. The minimum atomic E-state index is -0.129. The van der Waals surface area contributed by atoms with Gasteiger partial charge in [-0.3, -0.25) is 4.79 Å². The zero-order chi connectivity index (χ0) is 15.3. The van der Waals surface area contributed by atoms with Gasteiger partial charge >= 0.3 is 0 Å². The van der Waals surface area contributed by atoms with E-state index in [0.29, 0.717) is 28.4 Å². The van der Waals surface area contributed by atoms with Crippen molar-refractivity contribution in [2.75, 3.05) is 0 Å². The minimum Gasteiger partial charge on any atom is -0.449 e. The van der Waals surface area contributed by atoms with Gasteiger partial charge in [0.05, 0.1) is 5.02 Å². The first-order valence-corrected chi connectivity index (χ1v) is 8.24. The lowest BCUT2D eigenvalue weighted by molar-refractivity contribution is 0.0897. The summed E-state index contributed by atoms with van der Waals surface area (Å²) in [5, 5.41) is 8.17. The summed E-state index contributed by atoms with van der Waals surface area (Å²) in [4.78, 5) is 12.6. The molecule has 0 radical (unpaired) electrons. The second kappa shape index (κ2) is 5.28. The molecule has 1 aromatic carbocycles. The number of fused-ring (bicyclic) bond motifs is 3. The molecule has 2 aliphatic heterocycles. The number of carbonyl (C=O) groups is 1. The average Bonchev–Trinajstić information content (AvgIpc) is 3.01.